The van der Waals surface area contributed by atoms with Gasteiger partial charge in [-0.15, -0.1) is 0 Å². The molecule has 1 N–H and O–H groups in total. The van der Waals surface area contributed by atoms with E-state index in [9.17, 15) is 4.39 Å². The van der Waals surface area contributed by atoms with Crippen LogP contribution in [0.5, 0.6) is 0 Å². The number of hydrogen-bond donors (Lipinski definition) is 1. The Bertz CT molecular complexity index is 384. The lowest BCUT2D eigenvalue weighted by molar-refractivity contribution is 0.613. The zero-order valence-electron chi connectivity index (χ0n) is 10.4. The van der Waals surface area contributed by atoms with Crippen LogP contribution in [0.3, 0.4) is 0 Å². The van der Waals surface area contributed by atoms with Crippen LogP contribution in [0.25, 0.3) is 0 Å². The molecule has 1 unspecified atom stereocenters. The predicted molar refractivity (Wildman–Crippen MR) is 73.3 cm³/mol. The molecular formula is C13H19FN2S. The average molecular weight is 254 g/mol. The molecule has 0 amide bonds. The molecule has 1 aliphatic heterocycles. The molecule has 1 aliphatic rings. The Morgan fingerprint density at radius 1 is 1.53 bits per heavy atom. The molecule has 0 aliphatic carbocycles. The van der Waals surface area contributed by atoms with Crippen LogP contribution < -0.4 is 10.2 Å². The quantitative estimate of drug-likeness (QED) is 0.892. The standard InChI is InChI=1S/C13H19FN2S/c1-10-9-16(5-6-17-10)13-4-3-11(8-15-2)7-12(13)14/h3-4,7,10,15H,5-6,8-9H2,1-2H3. The Balaban J connectivity index is 2.15. The molecule has 0 bridgehead atoms. The van der Waals surface area contributed by atoms with E-state index in [0.29, 0.717) is 11.8 Å². The Labute approximate surface area is 107 Å². The van der Waals surface area contributed by atoms with E-state index in [-0.39, 0.29) is 5.82 Å². The first-order valence-corrected chi connectivity index (χ1v) is 7.05. The number of anilines is 1. The number of benzene rings is 1. The fraction of sp³-hybridized carbons (Fsp3) is 0.538. The second-order valence-corrected chi connectivity index (χ2v) is 5.99. The van der Waals surface area contributed by atoms with Crippen LogP contribution in [-0.2, 0) is 6.54 Å². The first-order chi connectivity index (χ1) is 8.20. The lowest BCUT2D eigenvalue weighted by Gasteiger charge is -2.32. The number of nitrogens with one attached hydrogen (secondary N) is 1. The van der Waals surface area contributed by atoms with Crippen LogP contribution in [0, 0.1) is 5.82 Å². The van der Waals surface area contributed by atoms with Gasteiger partial charge in [-0.1, -0.05) is 13.0 Å². The van der Waals surface area contributed by atoms with Gasteiger partial charge in [0, 0.05) is 30.6 Å². The van der Waals surface area contributed by atoms with Crippen molar-refractivity contribution in [3.05, 3.63) is 29.6 Å². The van der Waals surface area contributed by atoms with Crippen molar-refractivity contribution in [2.45, 2.75) is 18.7 Å². The summed E-state index contributed by atoms with van der Waals surface area (Å²) in [6.07, 6.45) is 0. The third-order valence-corrected chi connectivity index (χ3v) is 4.11. The van der Waals surface area contributed by atoms with Gasteiger partial charge in [0.1, 0.15) is 5.82 Å². The maximum atomic E-state index is 14.0. The van der Waals surface area contributed by atoms with Crippen LogP contribution >= 0.6 is 11.8 Å². The lowest BCUT2D eigenvalue weighted by Crippen LogP contribution is -2.37. The number of rotatable bonds is 3. The van der Waals surface area contributed by atoms with E-state index in [1.54, 1.807) is 6.07 Å². The van der Waals surface area contributed by atoms with E-state index in [4.69, 9.17) is 0 Å². The number of halogens is 1. The van der Waals surface area contributed by atoms with Crippen molar-refractivity contribution in [3.63, 3.8) is 0 Å². The Hall–Kier alpha value is -0.740. The highest BCUT2D eigenvalue weighted by Crippen LogP contribution is 2.26. The van der Waals surface area contributed by atoms with Crippen molar-refractivity contribution in [1.82, 2.24) is 5.32 Å². The van der Waals surface area contributed by atoms with Crippen LogP contribution in [0.2, 0.25) is 0 Å². The van der Waals surface area contributed by atoms with Gasteiger partial charge in [-0.25, -0.2) is 4.39 Å². The summed E-state index contributed by atoms with van der Waals surface area (Å²) in [7, 11) is 1.87. The fourth-order valence-corrected chi connectivity index (χ4v) is 3.17. The van der Waals surface area contributed by atoms with Crippen LogP contribution in [0.4, 0.5) is 10.1 Å². The third kappa shape index (κ3) is 3.13. The molecule has 1 aromatic carbocycles. The number of hydrogen-bond acceptors (Lipinski definition) is 3. The first kappa shape index (κ1) is 12.7. The van der Waals surface area contributed by atoms with Crippen LogP contribution in [0.15, 0.2) is 18.2 Å². The second-order valence-electron chi connectivity index (χ2n) is 4.44. The van der Waals surface area contributed by atoms with Gasteiger partial charge in [-0.05, 0) is 24.7 Å². The van der Waals surface area contributed by atoms with Gasteiger partial charge >= 0.3 is 0 Å². The molecule has 1 saturated heterocycles. The molecule has 0 spiro atoms. The van der Waals surface area contributed by atoms with Crippen molar-refractivity contribution in [2.24, 2.45) is 0 Å². The maximum absolute atomic E-state index is 14.0. The normalized spacial score (nSPS) is 20.6. The molecule has 1 aromatic rings. The summed E-state index contributed by atoms with van der Waals surface area (Å²) in [6.45, 7) is 4.79. The molecule has 1 heterocycles. The lowest BCUT2D eigenvalue weighted by atomic mass is 10.1. The smallest absolute Gasteiger partial charge is 0.146 e. The van der Waals surface area contributed by atoms with Gasteiger partial charge in [-0.2, -0.15) is 11.8 Å². The van der Waals surface area contributed by atoms with Gasteiger partial charge in [0.15, 0.2) is 0 Å². The zero-order valence-corrected chi connectivity index (χ0v) is 11.2. The highest BCUT2D eigenvalue weighted by atomic mass is 32.2. The van der Waals surface area contributed by atoms with Crippen molar-refractivity contribution in [1.29, 1.82) is 0 Å². The third-order valence-electron chi connectivity index (χ3n) is 2.97. The number of thioether (sulfide) groups is 1. The molecule has 4 heteroatoms. The molecule has 0 aromatic heterocycles. The molecule has 2 rings (SSSR count). The summed E-state index contributed by atoms with van der Waals surface area (Å²) in [5.41, 5.74) is 1.74. The van der Waals surface area contributed by atoms with Crippen molar-refractivity contribution in [2.75, 3.05) is 30.8 Å². The minimum Gasteiger partial charge on any atom is -0.367 e. The molecule has 2 nitrogen and oxygen atoms in total. The maximum Gasteiger partial charge on any atom is 0.146 e. The first-order valence-electron chi connectivity index (χ1n) is 6.00. The van der Waals surface area contributed by atoms with Crippen LogP contribution in [0.1, 0.15) is 12.5 Å². The van der Waals surface area contributed by atoms with Crippen molar-refractivity contribution >= 4 is 17.4 Å². The zero-order chi connectivity index (χ0) is 12.3. The summed E-state index contributed by atoms with van der Waals surface area (Å²) in [6, 6.07) is 5.55. The highest BCUT2D eigenvalue weighted by Gasteiger charge is 2.19. The largest absolute Gasteiger partial charge is 0.367 e. The summed E-state index contributed by atoms with van der Waals surface area (Å²) in [4.78, 5) is 2.15. The summed E-state index contributed by atoms with van der Waals surface area (Å²) in [5.74, 6) is 0.982. The number of nitrogens with zero attached hydrogens (tertiary/aromatic N) is 1. The SMILES string of the molecule is CNCc1ccc(N2CCSC(C)C2)c(F)c1. The fourth-order valence-electron chi connectivity index (χ4n) is 2.16. The van der Waals surface area contributed by atoms with E-state index in [0.717, 1.165) is 30.1 Å². The molecule has 1 fully saturated rings. The van der Waals surface area contributed by atoms with Gasteiger partial charge in [0.05, 0.1) is 5.69 Å². The highest BCUT2D eigenvalue weighted by molar-refractivity contribution is 8.00. The summed E-state index contributed by atoms with van der Waals surface area (Å²) >= 11 is 1.96. The van der Waals surface area contributed by atoms with E-state index in [1.165, 1.54) is 0 Å². The van der Waals surface area contributed by atoms with Crippen LogP contribution in [-0.4, -0.2) is 31.1 Å². The van der Waals surface area contributed by atoms with Gasteiger partial charge in [0.2, 0.25) is 0 Å². The minimum absolute atomic E-state index is 0.100. The van der Waals surface area contributed by atoms with Crippen molar-refractivity contribution < 1.29 is 4.39 Å². The van der Waals surface area contributed by atoms with Gasteiger partial charge in [0.25, 0.3) is 0 Å². The molecule has 94 valence electrons. The molecular weight excluding hydrogens is 235 g/mol. The topological polar surface area (TPSA) is 15.3 Å². The van der Waals surface area contributed by atoms with Crippen molar-refractivity contribution in [3.8, 4) is 0 Å². The molecule has 0 radical (unpaired) electrons. The Morgan fingerprint density at radius 2 is 2.35 bits per heavy atom. The van der Waals surface area contributed by atoms with E-state index >= 15 is 0 Å². The van der Waals surface area contributed by atoms with Gasteiger partial charge in [-0.3, -0.25) is 0 Å². The Morgan fingerprint density at radius 3 is 3.00 bits per heavy atom. The minimum atomic E-state index is -0.100. The van der Waals surface area contributed by atoms with Gasteiger partial charge < -0.3 is 10.2 Å². The predicted octanol–water partition coefficient (Wildman–Crippen LogP) is 2.49. The monoisotopic (exact) mass is 254 g/mol. The molecule has 17 heavy (non-hydrogen) atoms. The van der Waals surface area contributed by atoms with E-state index < -0.39 is 0 Å². The van der Waals surface area contributed by atoms with E-state index in [1.807, 2.05) is 30.9 Å². The molecule has 0 saturated carbocycles. The second kappa shape index (κ2) is 5.74. The summed E-state index contributed by atoms with van der Waals surface area (Å²) in [5, 5.41) is 3.62. The average Bonchev–Trinajstić information content (AvgIpc) is 2.29. The van der Waals surface area contributed by atoms with E-state index in [2.05, 4.69) is 17.1 Å². The molecule has 1 atom stereocenters. The Kier molecular flexibility index (Phi) is 4.29. The summed E-state index contributed by atoms with van der Waals surface area (Å²) < 4.78 is 14.0.